The van der Waals surface area contributed by atoms with Gasteiger partial charge in [-0.15, -0.1) is 0 Å². The van der Waals surface area contributed by atoms with Crippen molar-refractivity contribution in [1.82, 2.24) is 15.2 Å². The van der Waals surface area contributed by atoms with Crippen LogP contribution in [0.4, 0.5) is 0 Å². The maximum atomic E-state index is 13.1. The predicted octanol–water partition coefficient (Wildman–Crippen LogP) is -0.176. The van der Waals surface area contributed by atoms with Gasteiger partial charge in [0.05, 0.1) is 12.2 Å². The number of carbonyl (C=O) groups is 4. The van der Waals surface area contributed by atoms with Crippen LogP contribution in [0, 0.1) is 11.8 Å². The second-order valence-electron chi connectivity index (χ2n) is 7.52. The molecule has 2 amide bonds. The number of fused-ring (bicyclic) bond motifs is 3. The summed E-state index contributed by atoms with van der Waals surface area (Å²) in [5, 5.41) is 11.6. The first kappa shape index (κ1) is 24.3. The molecule has 1 saturated heterocycles. The summed E-state index contributed by atoms with van der Waals surface area (Å²) in [6.45, 7) is 6.09. The van der Waals surface area contributed by atoms with E-state index in [9.17, 15) is 19.2 Å². The third kappa shape index (κ3) is 3.51. The molecule has 1 fully saturated rings. The van der Waals surface area contributed by atoms with Crippen LogP contribution in [-0.2, 0) is 29.7 Å². The number of nitrogens with one attached hydrogen (secondary N) is 1. The van der Waals surface area contributed by atoms with Gasteiger partial charge < -0.3 is 19.9 Å². The van der Waals surface area contributed by atoms with Gasteiger partial charge in [0.15, 0.2) is 5.92 Å². The molecule has 1 aromatic heterocycles. The van der Waals surface area contributed by atoms with E-state index in [-0.39, 0.29) is 66.2 Å². The fourth-order valence-electron chi connectivity index (χ4n) is 3.50. The van der Waals surface area contributed by atoms with Gasteiger partial charge in [0.25, 0.3) is 11.8 Å². The molecule has 3 unspecified atom stereocenters. The van der Waals surface area contributed by atoms with Gasteiger partial charge in [0, 0.05) is 6.20 Å². The van der Waals surface area contributed by atoms with Gasteiger partial charge in [-0.05, 0) is 31.9 Å². The van der Waals surface area contributed by atoms with Crippen molar-refractivity contribution in [1.29, 1.82) is 0 Å². The summed E-state index contributed by atoms with van der Waals surface area (Å²) in [5.41, 5.74) is -0.601. The number of nitrogens with zero attached hydrogens (tertiary/aromatic N) is 2. The second-order valence-corrected chi connectivity index (χ2v) is 7.52. The maximum absolute atomic E-state index is 13.1. The molecule has 0 saturated carbocycles. The standard InChI is InChI=1S/C19H23N3O7.Na.H/c1-10(2)18(4)17(27)21-19(29-9-8-28-16(26)11(3)15(24)25)13-12(6-5-7-20-13)14(23)22(18)19;;/h5-7,10-11H,8-9H2,1-4H3,(H,21,27)(H,24,25);;. The summed E-state index contributed by atoms with van der Waals surface area (Å²) < 4.78 is 10.8. The third-order valence-corrected chi connectivity index (χ3v) is 5.57. The number of esters is 1. The van der Waals surface area contributed by atoms with Gasteiger partial charge in [-0.1, -0.05) is 13.8 Å². The fraction of sp³-hybridized carbons (Fsp3) is 0.526. The van der Waals surface area contributed by atoms with Crippen LogP contribution in [0.3, 0.4) is 0 Å². The SMILES string of the molecule is CC(C(=O)O)C(=O)OCCOC12NC(=O)C(C)(C(C)C)N1C(=O)c1cccnc12.[NaH]. The van der Waals surface area contributed by atoms with E-state index in [1.165, 1.54) is 18.0 Å². The number of aliphatic carboxylic acids is 1. The first-order valence-electron chi connectivity index (χ1n) is 9.23. The molecular formula is C19H24N3NaO7. The van der Waals surface area contributed by atoms with Crippen LogP contribution in [0.25, 0.3) is 0 Å². The summed E-state index contributed by atoms with van der Waals surface area (Å²) in [7, 11) is 0. The summed E-state index contributed by atoms with van der Waals surface area (Å²) in [6, 6.07) is 3.23. The third-order valence-electron chi connectivity index (χ3n) is 5.57. The van der Waals surface area contributed by atoms with Crippen molar-refractivity contribution < 1.29 is 33.8 Å². The number of hydrogen-bond donors (Lipinski definition) is 2. The van der Waals surface area contributed by atoms with Crippen molar-refractivity contribution >= 4 is 53.3 Å². The van der Waals surface area contributed by atoms with Crippen molar-refractivity contribution in [2.24, 2.45) is 11.8 Å². The molecule has 30 heavy (non-hydrogen) atoms. The van der Waals surface area contributed by atoms with Gasteiger partial charge in [-0.3, -0.25) is 29.1 Å². The molecule has 0 radical (unpaired) electrons. The van der Waals surface area contributed by atoms with Gasteiger partial charge in [-0.25, -0.2) is 0 Å². The van der Waals surface area contributed by atoms with Crippen molar-refractivity contribution in [3.63, 3.8) is 0 Å². The van der Waals surface area contributed by atoms with E-state index in [0.29, 0.717) is 5.56 Å². The Morgan fingerprint density at radius 2 is 1.93 bits per heavy atom. The number of carboxylic acids is 1. The van der Waals surface area contributed by atoms with Crippen LogP contribution in [-0.4, -0.2) is 87.1 Å². The molecule has 3 heterocycles. The summed E-state index contributed by atoms with van der Waals surface area (Å²) in [4.78, 5) is 54.1. The normalized spacial score (nSPS) is 25.3. The van der Waals surface area contributed by atoms with Gasteiger partial charge in [0.1, 0.15) is 17.8 Å². The average molecular weight is 429 g/mol. The number of carbonyl (C=O) groups excluding carboxylic acids is 3. The van der Waals surface area contributed by atoms with Gasteiger partial charge in [0.2, 0.25) is 5.91 Å². The minimum absolute atomic E-state index is 0. The van der Waals surface area contributed by atoms with E-state index in [1.807, 2.05) is 13.8 Å². The van der Waals surface area contributed by atoms with E-state index in [4.69, 9.17) is 14.6 Å². The van der Waals surface area contributed by atoms with E-state index in [0.717, 1.165) is 0 Å². The van der Waals surface area contributed by atoms with Crippen LogP contribution in [0.15, 0.2) is 18.3 Å². The second kappa shape index (κ2) is 8.62. The van der Waals surface area contributed by atoms with E-state index < -0.39 is 29.2 Å². The Bertz CT molecular complexity index is 893. The fourth-order valence-corrected chi connectivity index (χ4v) is 3.50. The molecule has 3 atom stereocenters. The number of aromatic nitrogens is 1. The number of amides is 2. The van der Waals surface area contributed by atoms with Crippen LogP contribution < -0.4 is 5.32 Å². The first-order chi connectivity index (χ1) is 13.6. The Morgan fingerprint density at radius 1 is 1.27 bits per heavy atom. The Hall–Kier alpha value is -2.01. The zero-order valence-corrected chi connectivity index (χ0v) is 16.6. The molecule has 11 heteroatoms. The molecule has 158 valence electrons. The average Bonchev–Trinajstić information content (AvgIpc) is 3.06. The van der Waals surface area contributed by atoms with Crippen LogP contribution in [0.2, 0.25) is 0 Å². The minimum atomic E-state index is -1.62. The number of hydrogen-bond acceptors (Lipinski definition) is 7. The summed E-state index contributed by atoms with van der Waals surface area (Å²) in [5.74, 6) is -6.12. The number of ether oxygens (including phenoxy) is 2. The van der Waals surface area contributed by atoms with E-state index in [1.54, 1.807) is 19.1 Å². The molecule has 10 nitrogen and oxygen atoms in total. The van der Waals surface area contributed by atoms with Crippen molar-refractivity contribution in [3.8, 4) is 0 Å². The summed E-state index contributed by atoms with van der Waals surface area (Å²) in [6.07, 6.45) is 1.49. The van der Waals surface area contributed by atoms with E-state index in [2.05, 4.69) is 10.3 Å². The molecule has 0 aliphatic carbocycles. The van der Waals surface area contributed by atoms with Crippen LogP contribution in [0.5, 0.6) is 0 Å². The Morgan fingerprint density at radius 3 is 2.53 bits per heavy atom. The first-order valence-corrected chi connectivity index (χ1v) is 9.23. The Kier molecular flexibility index (Phi) is 6.97. The quantitative estimate of drug-likeness (QED) is 0.264. The molecule has 2 aliphatic rings. The summed E-state index contributed by atoms with van der Waals surface area (Å²) >= 11 is 0. The molecule has 3 rings (SSSR count). The van der Waals surface area contributed by atoms with Gasteiger partial charge >= 0.3 is 41.5 Å². The molecule has 1 aromatic rings. The van der Waals surface area contributed by atoms with Crippen molar-refractivity contribution in [3.05, 3.63) is 29.6 Å². The van der Waals surface area contributed by atoms with Crippen LogP contribution in [0.1, 0.15) is 43.7 Å². The molecule has 0 spiro atoms. The molecule has 2 aliphatic heterocycles. The zero-order chi connectivity index (χ0) is 21.6. The number of carboxylic acid groups (broad SMARTS) is 1. The predicted molar refractivity (Wildman–Crippen MR) is 104 cm³/mol. The van der Waals surface area contributed by atoms with Gasteiger partial charge in [-0.2, -0.15) is 0 Å². The van der Waals surface area contributed by atoms with E-state index >= 15 is 0 Å². The Labute approximate surface area is 195 Å². The molecular weight excluding hydrogens is 405 g/mol. The van der Waals surface area contributed by atoms with Crippen molar-refractivity contribution in [2.75, 3.05) is 13.2 Å². The zero-order valence-electron chi connectivity index (χ0n) is 16.6. The number of rotatable bonds is 7. The molecule has 2 N–H and O–H groups in total. The molecule has 0 bridgehead atoms. The number of pyridine rings is 1. The molecule has 0 aromatic carbocycles. The van der Waals surface area contributed by atoms with Crippen LogP contribution >= 0.6 is 0 Å². The topological polar surface area (TPSA) is 135 Å². The monoisotopic (exact) mass is 429 g/mol. The van der Waals surface area contributed by atoms with Crippen molar-refractivity contribution in [2.45, 2.75) is 39.1 Å². The Balaban J connectivity index is 0.00000320.